The molecule has 0 saturated carbocycles. The fraction of sp³-hybridized carbons (Fsp3) is 0.333. The molecule has 4 heteroatoms. The number of thiophene rings is 1. The van der Waals surface area contributed by atoms with Gasteiger partial charge in [-0.05, 0) is 51.1 Å². The highest BCUT2D eigenvalue weighted by molar-refractivity contribution is 9.10. The minimum absolute atomic E-state index is 0.348. The molecule has 0 spiro atoms. The number of fused-ring (bicyclic) bond motifs is 1. The summed E-state index contributed by atoms with van der Waals surface area (Å²) >= 11 is 5.41. The first-order chi connectivity index (χ1) is 9.28. The van der Waals surface area contributed by atoms with Gasteiger partial charge in [-0.3, -0.25) is 0 Å². The van der Waals surface area contributed by atoms with E-state index in [1.165, 1.54) is 26.0 Å². The van der Waals surface area contributed by atoms with Crippen LogP contribution in [0, 0.1) is 0 Å². The summed E-state index contributed by atoms with van der Waals surface area (Å²) in [4.78, 5) is 1.39. The molecule has 2 nitrogen and oxygen atoms in total. The molecule has 1 N–H and O–H groups in total. The fourth-order valence-electron chi connectivity index (χ4n) is 2.45. The average Bonchev–Trinajstić information content (AvgIpc) is 3.04. The van der Waals surface area contributed by atoms with E-state index in [9.17, 15) is 0 Å². The Morgan fingerprint density at radius 1 is 1.32 bits per heavy atom. The van der Waals surface area contributed by atoms with Crippen LogP contribution in [0.25, 0.3) is 0 Å². The first-order valence-electron chi connectivity index (χ1n) is 6.36. The minimum Gasteiger partial charge on any atom is -0.372 e. The Hall–Kier alpha value is -0.680. The van der Waals surface area contributed by atoms with E-state index in [1.54, 1.807) is 11.3 Å². The van der Waals surface area contributed by atoms with Crippen LogP contribution in [0.3, 0.4) is 0 Å². The molecule has 0 aliphatic carbocycles. The smallest absolute Gasteiger partial charge is 0.0725 e. The zero-order valence-electron chi connectivity index (χ0n) is 10.8. The molecule has 100 valence electrons. The van der Waals surface area contributed by atoms with Crippen LogP contribution in [0.15, 0.2) is 34.1 Å². The topological polar surface area (TPSA) is 21.3 Å². The monoisotopic (exact) mass is 337 g/mol. The maximum atomic E-state index is 5.48. The van der Waals surface area contributed by atoms with Gasteiger partial charge in [0.25, 0.3) is 0 Å². The molecule has 3 rings (SSSR count). The lowest BCUT2D eigenvalue weighted by Crippen LogP contribution is -2.18. The molecule has 0 bridgehead atoms. The van der Waals surface area contributed by atoms with E-state index in [0.29, 0.717) is 6.04 Å². The Bertz CT molecular complexity index is 581. The molecule has 0 fully saturated rings. The van der Waals surface area contributed by atoms with Crippen molar-refractivity contribution in [3.8, 4) is 0 Å². The fourth-order valence-corrected chi connectivity index (χ4v) is 4.01. The maximum Gasteiger partial charge on any atom is 0.0725 e. The van der Waals surface area contributed by atoms with E-state index >= 15 is 0 Å². The van der Waals surface area contributed by atoms with Gasteiger partial charge in [0.15, 0.2) is 0 Å². The molecule has 1 aliphatic heterocycles. The van der Waals surface area contributed by atoms with Crippen LogP contribution in [-0.4, -0.2) is 7.05 Å². The summed E-state index contributed by atoms with van der Waals surface area (Å²) in [6, 6.07) is 9.16. The van der Waals surface area contributed by atoms with Crippen molar-refractivity contribution in [2.75, 3.05) is 7.05 Å². The summed E-state index contributed by atoms with van der Waals surface area (Å²) in [5.41, 5.74) is 4.01. The number of halogens is 1. The summed E-state index contributed by atoms with van der Waals surface area (Å²) in [5.74, 6) is 0. The maximum absolute atomic E-state index is 5.48. The number of nitrogens with one attached hydrogen (secondary N) is 1. The zero-order chi connectivity index (χ0) is 13.2. The highest BCUT2D eigenvalue weighted by Gasteiger charge is 2.17. The number of hydrogen-bond acceptors (Lipinski definition) is 3. The third-order valence-corrected chi connectivity index (χ3v) is 5.53. The van der Waals surface area contributed by atoms with Crippen molar-refractivity contribution in [3.05, 3.63) is 55.7 Å². The first-order valence-corrected chi connectivity index (χ1v) is 8.04. The lowest BCUT2D eigenvalue weighted by Gasteiger charge is -2.17. The summed E-state index contributed by atoms with van der Waals surface area (Å²) in [7, 11) is 2.02. The Balaban J connectivity index is 1.84. The van der Waals surface area contributed by atoms with Gasteiger partial charge in [0.1, 0.15) is 0 Å². The summed E-state index contributed by atoms with van der Waals surface area (Å²) < 4.78 is 6.69. The van der Waals surface area contributed by atoms with Gasteiger partial charge in [-0.2, -0.15) is 0 Å². The van der Waals surface area contributed by atoms with Gasteiger partial charge in [0.2, 0.25) is 0 Å². The third-order valence-electron chi connectivity index (χ3n) is 3.58. The van der Waals surface area contributed by atoms with Crippen LogP contribution < -0.4 is 5.32 Å². The van der Waals surface area contributed by atoms with E-state index in [-0.39, 0.29) is 0 Å². The molecule has 0 amide bonds. The van der Waals surface area contributed by atoms with Crippen LogP contribution in [0.5, 0.6) is 0 Å². The molecule has 0 radical (unpaired) electrons. The molecule has 1 aromatic carbocycles. The van der Waals surface area contributed by atoms with Crippen molar-refractivity contribution in [1.29, 1.82) is 0 Å². The first kappa shape index (κ1) is 13.3. The molecular weight excluding hydrogens is 322 g/mol. The van der Waals surface area contributed by atoms with Gasteiger partial charge in [0, 0.05) is 21.8 Å². The second-order valence-electron chi connectivity index (χ2n) is 4.76. The second-order valence-corrected chi connectivity index (χ2v) is 6.61. The zero-order valence-corrected chi connectivity index (χ0v) is 13.2. The van der Waals surface area contributed by atoms with Gasteiger partial charge in [-0.25, -0.2) is 0 Å². The third kappa shape index (κ3) is 2.77. The Morgan fingerprint density at radius 2 is 2.16 bits per heavy atom. The van der Waals surface area contributed by atoms with Crippen LogP contribution >= 0.6 is 27.3 Å². The number of ether oxygens (including phenoxy) is 1. The SMILES string of the molecule is CNC(Cc1sccc1Br)c1ccc2c(c1)COC2. The number of rotatable bonds is 4. The minimum atomic E-state index is 0.348. The number of likely N-dealkylation sites (N-methyl/N-ethyl adjacent to an activating group) is 1. The van der Waals surface area contributed by atoms with Crippen LogP contribution in [0.2, 0.25) is 0 Å². The van der Waals surface area contributed by atoms with Crippen molar-refractivity contribution in [2.45, 2.75) is 25.7 Å². The largest absolute Gasteiger partial charge is 0.372 e. The predicted molar refractivity (Wildman–Crippen MR) is 82.5 cm³/mol. The van der Waals surface area contributed by atoms with Crippen molar-refractivity contribution in [1.82, 2.24) is 5.32 Å². The normalized spacial score (nSPS) is 15.5. The van der Waals surface area contributed by atoms with Gasteiger partial charge < -0.3 is 10.1 Å². The lowest BCUT2D eigenvalue weighted by molar-refractivity contribution is 0.134. The standard InChI is InChI=1S/C15H16BrNOS/c1-17-14(7-15-13(16)4-5-19-15)10-2-3-11-8-18-9-12(11)6-10/h2-6,14,17H,7-9H2,1H3. The van der Waals surface area contributed by atoms with E-state index in [0.717, 1.165) is 19.6 Å². The van der Waals surface area contributed by atoms with Crippen LogP contribution in [0.1, 0.15) is 27.6 Å². The molecule has 2 heterocycles. The van der Waals surface area contributed by atoms with E-state index in [1.807, 2.05) is 7.05 Å². The summed E-state index contributed by atoms with van der Waals surface area (Å²) in [6.07, 6.45) is 1.01. The Morgan fingerprint density at radius 3 is 2.89 bits per heavy atom. The van der Waals surface area contributed by atoms with Crippen molar-refractivity contribution in [3.63, 3.8) is 0 Å². The van der Waals surface area contributed by atoms with E-state index in [2.05, 4.69) is 50.9 Å². The molecule has 0 saturated heterocycles. The molecule has 1 aromatic heterocycles. The van der Waals surface area contributed by atoms with E-state index < -0.39 is 0 Å². The highest BCUT2D eigenvalue weighted by atomic mass is 79.9. The van der Waals surface area contributed by atoms with Crippen LogP contribution in [0.4, 0.5) is 0 Å². The highest BCUT2D eigenvalue weighted by Crippen LogP contribution is 2.30. The van der Waals surface area contributed by atoms with Gasteiger partial charge in [-0.1, -0.05) is 18.2 Å². The summed E-state index contributed by atoms with van der Waals surface area (Å²) in [6.45, 7) is 1.51. The molecule has 1 atom stereocenters. The van der Waals surface area contributed by atoms with Gasteiger partial charge in [-0.15, -0.1) is 11.3 Å². The quantitative estimate of drug-likeness (QED) is 0.908. The van der Waals surface area contributed by atoms with Crippen LogP contribution in [-0.2, 0) is 24.4 Å². The van der Waals surface area contributed by atoms with Crippen molar-refractivity contribution in [2.24, 2.45) is 0 Å². The molecular formula is C15H16BrNOS. The number of benzene rings is 1. The molecule has 1 unspecified atom stereocenters. The van der Waals surface area contributed by atoms with Crippen molar-refractivity contribution < 1.29 is 4.74 Å². The predicted octanol–water partition coefficient (Wildman–Crippen LogP) is 4.04. The second kappa shape index (κ2) is 5.75. The Labute approximate surface area is 125 Å². The van der Waals surface area contributed by atoms with E-state index in [4.69, 9.17) is 4.74 Å². The average molecular weight is 338 g/mol. The number of hydrogen-bond donors (Lipinski definition) is 1. The van der Waals surface area contributed by atoms with Crippen molar-refractivity contribution >= 4 is 27.3 Å². The molecule has 19 heavy (non-hydrogen) atoms. The Kier molecular flexibility index (Phi) is 4.03. The lowest BCUT2D eigenvalue weighted by atomic mass is 9.98. The molecule has 1 aliphatic rings. The molecule has 2 aromatic rings. The van der Waals surface area contributed by atoms with Gasteiger partial charge >= 0.3 is 0 Å². The van der Waals surface area contributed by atoms with Gasteiger partial charge in [0.05, 0.1) is 13.2 Å². The summed E-state index contributed by atoms with van der Waals surface area (Å²) in [5, 5.41) is 5.55.